The monoisotopic (exact) mass is 1570 g/mol. The molecule has 0 saturated carbocycles. The lowest BCUT2D eigenvalue weighted by molar-refractivity contribution is 1.02. The van der Waals surface area contributed by atoms with Crippen molar-refractivity contribution in [2.24, 2.45) is 0 Å². The quantitative estimate of drug-likeness (QED) is 0.149. The van der Waals surface area contributed by atoms with E-state index < -0.39 is 0 Å². The molecule has 0 amide bonds. The van der Waals surface area contributed by atoms with Gasteiger partial charge in [0.25, 0.3) is 0 Å². The summed E-state index contributed by atoms with van der Waals surface area (Å²) in [5.41, 5.74) is 19.3. The van der Waals surface area contributed by atoms with Crippen LogP contribution in [0.5, 0.6) is 0 Å². The first-order valence-corrected chi connectivity index (χ1v) is 42.6. The summed E-state index contributed by atoms with van der Waals surface area (Å²) in [7, 11) is 0. The number of fused-ring (bicyclic) bond motifs is 36. The number of rotatable bonds is 7. The van der Waals surface area contributed by atoms with Crippen molar-refractivity contribution < 1.29 is 0 Å². The highest BCUT2D eigenvalue weighted by molar-refractivity contribution is 6.39. The second-order valence-electron chi connectivity index (χ2n) is 33.4. The molecule has 0 fully saturated rings. The molecule has 0 radical (unpaired) electrons. The number of benzene rings is 22. The van der Waals surface area contributed by atoms with Crippen LogP contribution in [0.3, 0.4) is 0 Å². The molecule has 0 aliphatic carbocycles. The topological polar surface area (TPSA) is 71.3 Å². The first kappa shape index (κ1) is 67.2. The van der Waals surface area contributed by atoms with Gasteiger partial charge in [0.15, 0.2) is 5.82 Å². The molecule has 0 saturated heterocycles. The third-order valence-electron chi connectivity index (χ3n) is 27.0. The molecule has 6 heterocycles. The van der Waals surface area contributed by atoms with Crippen LogP contribution in [0, 0.1) is 0 Å². The highest BCUT2D eigenvalue weighted by atomic mass is 15.2. The van der Waals surface area contributed by atoms with Gasteiger partial charge in [-0.05, 0) is 171 Å². The number of aromatic nitrogens is 8. The Bertz CT molecular complexity index is 9610. The van der Waals surface area contributed by atoms with Crippen LogP contribution in [0.2, 0.25) is 0 Å². The number of nitrogens with zero attached hydrogens (tertiary/aromatic N) is 8. The fourth-order valence-electron chi connectivity index (χ4n) is 21.7. The van der Waals surface area contributed by atoms with Gasteiger partial charge in [0.2, 0.25) is 5.95 Å². The Morgan fingerprint density at radius 3 is 1.13 bits per heavy atom. The maximum atomic E-state index is 6.10. The SMILES string of the molecule is c1ccc(-n2c3ccccc3c3ccc(-c4nc5c(ccc6cc(-c7ccc8c(c7)c7ccccc7c7ccc9c(c%10ccc%11ccccc%11c%10n9-c9nc(-c%10ccc%11c%12ccccc%12n(-c%12ccccc%12)c%11c%10)c%10ccc%11ccccc%11c%10n9)c78)ccc65)nc4-n4c5ccc6c7ccccc7c7ccccc7c6c5c5ccc6ccccc6c54)cc32)cc1. The predicted octanol–water partition coefficient (Wildman–Crippen LogP) is 30.5. The Balaban J connectivity index is 0.660. The van der Waals surface area contributed by atoms with E-state index in [1.807, 2.05) is 0 Å². The molecule has 570 valence electrons. The Morgan fingerprint density at radius 1 is 0.169 bits per heavy atom. The largest absolute Gasteiger partial charge is 0.309 e. The van der Waals surface area contributed by atoms with Crippen molar-refractivity contribution >= 4 is 217 Å². The van der Waals surface area contributed by atoms with E-state index in [9.17, 15) is 0 Å². The molecule has 0 unspecified atom stereocenters. The molecule has 0 aliphatic rings. The summed E-state index contributed by atoms with van der Waals surface area (Å²) < 4.78 is 9.62. The van der Waals surface area contributed by atoms with Gasteiger partial charge in [-0.3, -0.25) is 9.13 Å². The lowest BCUT2D eigenvalue weighted by Gasteiger charge is -2.17. The highest BCUT2D eigenvalue weighted by Gasteiger charge is 2.29. The lowest BCUT2D eigenvalue weighted by atomic mass is 9.89. The van der Waals surface area contributed by atoms with E-state index in [1.54, 1.807) is 0 Å². The van der Waals surface area contributed by atoms with E-state index in [-0.39, 0.29) is 0 Å². The van der Waals surface area contributed by atoms with Gasteiger partial charge in [0, 0.05) is 103 Å². The van der Waals surface area contributed by atoms with Crippen molar-refractivity contribution in [1.82, 2.24) is 38.2 Å². The lowest BCUT2D eigenvalue weighted by Crippen LogP contribution is -2.04. The molecule has 28 aromatic rings. The van der Waals surface area contributed by atoms with Crippen LogP contribution >= 0.6 is 0 Å². The van der Waals surface area contributed by atoms with Crippen LogP contribution in [0.1, 0.15) is 0 Å². The predicted molar refractivity (Wildman–Crippen MR) is 521 cm³/mol. The van der Waals surface area contributed by atoms with Gasteiger partial charge in [0.05, 0.1) is 66.4 Å². The second kappa shape index (κ2) is 25.4. The van der Waals surface area contributed by atoms with Crippen LogP contribution in [0.15, 0.2) is 400 Å². The molecular weight excluding hydrogens is 1510 g/mol. The van der Waals surface area contributed by atoms with Crippen molar-refractivity contribution in [2.75, 3.05) is 0 Å². The maximum Gasteiger partial charge on any atom is 0.235 e. The minimum atomic E-state index is 0.607. The zero-order valence-corrected chi connectivity index (χ0v) is 66.7. The molecule has 0 atom stereocenters. The standard InChI is InChI=1S/C116H66N8/c1-3-26-75(27-4-1)121-99-41-21-19-38-86(99)88-52-48-73(65-103(88)121)109-96-57-45-67-23-7-10-30-77(67)111(96)120-116(119-109)124-102-62-59-92-84-36-15-16-37-85(84)97-64-71(47-54-93(97)106(92)108(102)95-56-44-69-25-9-12-32-80(69)114(95)124)70-46-51-78-72(63-70)50-60-98-112(78)118-110(74-49-53-89-87-39-20-22-42-100(87)122(104(89)66-74)76-28-5-2-6-29-76)115(117-98)123-101-61-58-91-83-35-14-13-33-81(83)82-34-17-18-40-90(82)105(91)107(101)94-55-43-68-24-8-11-31-79(68)113(94)123/h1-66H. The fraction of sp³-hybridized carbons (Fsp3) is 0. The third kappa shape index (κ3) is 9.39. The molecule has 28 rings (SSSR count). The summed E-state index contributed by atoms with van der Waals surface area (Å²) >= 11 is 0. The summed E-state index contributed by atoms with van der Waals surface area (Å²) in [6.45, 7) is 0. The number of hydrogen-bond acceptors (Lipinski definition) is 4. The molecule has 6 aromatic heterocycles. The molecule has 8 nitrogen and oxygen atoms in total. The van der Waals surface area contributed by atoms with Gasteiger partial charge in [-0.15, -0.1) is 0 Å². The molecular formula is C116H66N8. The maximum absolute atomic E-state index is 6.10. The van der Waals surface area contributed by atoms with E-state index in [0.29, 0.717) is 5.95 Å². The molecule has 0 spiro atoms. The average molecular weight is 1570 g/mol. The first-order valence-electron chi connectivity index (χ1n) is 42.6. The Labute approximate surface area is 707 Å². The number of para-hydroxylation sites is 4. The molecule has 22 aromatic carbocycles. The van der Waals surface area contributed by atoms with Crippen LogP contribution in [-0.4, -0.2) is 38.2 Å². The summed E-state index contributed by atoms with van der Waals surface area (Å²) in [6.07, 6.45) is 0. The fourth-order valence-corrected chi connectivity index (χ4v) is 21.7. The van der Waals surface area contributed by atoms with E-state index >= 15 is 0 Å². The smallest absolute Gasteiger partial charge is 0.235 e. The van der Waals surface area contributed by atoms with Crippen molar-refractivity contribution in [3.8, 4) is 56.8 Å². The van der Waals surface area contributed by atoms with Crippen molar-refractivity contribution in [1.29, 1.82) is 0 Å². The van der Waals surface area contributed by atoms with E-state index in [0.717, 1.165) is 176 Å². The van der Waals surface area contributed by atoms with Gasteiger partial charge >= 0.3 is 0 Å². The zero-order valence-electron chi connectivity index (χ0n) is 66.7. The summed E-state index contributed by atoms with van der Waals surface area (Å²) in [6, 6.07) is 147. The molecule has 0 N–H and O–H groups in total. The zero-order chi connectivity index (χ0) is 80.7. The Kier molecular flexibility index (Phi) is 13.8. The van der Waals surface area contributed by atoms with E-state index in [1.165, 1.54) is 91.6 Å². The van der Waals surface area contributed by atoms with E-state index in [2.05, 4.69) is 419 Å². The van der Waals surface area contributed by atoms with Crippen LogP contribution in [0.4, 0.5) is 0 Å². The van der Waals surface area contributed by atoms with Crippen molar-refractivity contribution in [3.05, 3.63) is 400 Å². The van der Waals surface area contributed by atoms with Gasteiger partial charge < -0.3 is 9.13 Å². The molecule has 124 heavy (non-hydrogen) atoms. The van der Waals surface area contributed by atoms with Gasteiger partial charge in [-0.1, -0.05) is 315 Å². The summed E-state index contributed by atoms with van der Waals surface area (Å²) in [5.74, 6) is 1.37. The number of hydrogen-bond donors (Lipinski definition) is 0. The minimum absolute atomic E-state index is 0.607. The van der Waals surface area contributed by atoms with Crippen LogP contribution in [0.25, 0.3) is 274 Å². The Morgan fingerprint density at radius 2 is 0.548 bits per heavy atom. The summed E-state index contributed by atoms with van der Waals surface area (Å²) in [5, 5.41) is 33.7. The van der Waals surface area contributed by atoms with Gasteiger partial charge in [-0.2, -0.15) is 0 Å². The Hall–Kier alpha value is -16.7. The highest BCUT2D eigenvalue weighted by Crippen LogP contribution is 2.51. The van der Waals surface area contributed by atoms with Crippen LogP contribution in [-0.2, 0) is 0 Å². The first-order chi connectivity index (χ1) is 61.5. The van der Waals surface area contributed by atoms with Crippen molar-refractivity contribution in [3.63, 3.8) is 0 Å². The molecule has 0 bridgehead atoms. The van der Waals surface area contributed by atoms with Crippen LogP contribution < -0.4 is 0 Å². The van der Waals surface area contributed by atoms with Crippen molar-refractivity contribution in [2.45, 2.75) is 0 Å². The normalized spacial score (nSPS) is 12.4. The average Bonchev–Trinajstić information content (AvgIpc) is 1.52. The molecule has 8 heteroatoms. The van der Waals surface area contributed by atoms with Gasteiger partial charge in [0.1, 0.15) is 5.69 Å². The minimum Gasteiger partial charge on any atom is -0.309 e. The molecule has 0 aliphatic heterocycles. The van der Waals surface area contributed by atoms with E-state index in [4.69, 9.17) is 19.9 Å². The summed E-state index contributed by atoms with van der Waals surface area (Å²) in [4.78, 5) is 23.9. The third-order valence-corrected chi connectivity index (χ3v) is 27.0. The van der Waals surface area contributed by atoms with Gasteiger partial charge in [-0.25, -0.2) is 19.9 Å². The second-order valence-corrected chi connectivity index (χ2v) is 33.4.